The molecule has 3 aromatic rings. The summed E-state index contributed by atoms with van der Waals surface area (Å²) in [6, 6.07) is 7.68. The number of aromatic nitrogens is 4. The Bertz CT molecular complexity index is 1190. The predicted octanol–water partition coefficient (Wildman–Crippen LogP) is 0.767. The van der Waals surface area contributed by atoms with Crippen LogP contribution in [0.1, 0.15) is 6.92 Å². The van der Waals surface area contributed by atoms with Crippen molar-refractivity contribution in [2.45, 2.75) is 13.5 Å². The lowest BCUT2D eigenvalue weighted by atomic mass is 10.2. The number of hydrogen-bond donors (Lipinski definition) is 4. The van der Waals surface area contributed by atoms with Gasteiger partial charge in [0.1, 0.15) is 5.75 Å². The molecule has 0 spiro atoms. The Hall–Kier alpha value is -4.33. The van der Waals surface area contributed by atoms with E-state index in [9.17, 15) is 9.59 Å². The number of ether oxygens (including phenoxy) is 2. The number of nitrogens with two attached hydrogens (primary N) is 1. The molecule has 0 unspecified atom stereocenters. The number of amides is 1. The van der Waals surface area contributed by atoms with E-state index in [4.69, 9.17) is 20.3 Å². The summed E-state index contributed by atoms with van der Waals surface area (Å²) in [5.74, 6) is 0.504. The molecular weight excluding hydrogens is 470 g/mol. The molecule has 1 fully saturated rings. The van der Waals surface area contributed by atoms with Crippen LogP contribution in [0, 0.1) is 0 Å². The van der Waals surface area contributed by atoms with Gasteiger partial charge in [-0.15, -0.1) is 0 Å². The molecule has 0 radical (unpaired) electrons. The number of rotatable bonds is 10. The van der Waals surface area contributed by atoms with Crippen LogP contribution in [0.5, 0.6) is 5.75 Å². The lowest BCUT2D eigenvalue weighted by molar-refractivity contribution is -0.145. The van der Waals surface area contributed by atoms with Crippen molar-refractivity contribution >= 4 is 40.5 Å². The third-order valence-electron chi connectivity index (χ3n) is 5.67. The van der Waals surface area contributed by atoms with Crippen LogP contribution in [0.2, 0.25) is 0 Å². The molecule has 14 nitrogen and oxygen atoms in total. The molecule has 0 aliphatic carbocycles. The van der Waals surface area contributed by atoms with E-state index in [0.717, 1.165) is 38.4 Å². The van der Waals surface area contributed by atoms with E-state index in [1.807, 2.05) is 24.3 Å². The number of carboxylic acid groups (broad SMARTS) is 1. The first-order chi connectivity index (χ1) is 17.4. The maximum Gasteiger partial charge on any atom is 0.423 e. The number of nitrogens with zero attached hydrogens (tertiary/aromatic N) is 6. The number of carbonyl (C=O) groups is 2. The summed E-state index contributed by atoms with van der Waals surface area (Å²) in [7, 11) is 0. The van der Waals surface area contributed by atoms with Crippen molar-refractivity contribution in [3.8, 4) is 5.75 Å². The summed E-state index contributed by atoms with van der Waals surface area (Å²) in [6.07, 6.45) is 0.337. The van der Waals surface area contributed by atoms with Gasteiger partial charge >= 0.3 is 12.1 Å². The molecule has 4 rings (SSSR count). The van der Waals surface area contributed by atoms with Gasteiger partial charge in [-0.1, -0.05) is 0 Å². The van der Waals surface area contributed by atoms with Crippen molar-refractivity contribution in [2.75, 3.05) is 62.0 Å². The van der Waals surface area contributed by atoms with E-state index >= 15 is 0 Å². The molecule has 1 aliphatic heterocycles. The number of esters is 1. The minimum absolute atomic E-state index is 0.0184. The zero-order valence-corrected chi connectivity index (χ0v) is 19.9. The second kappa shape index (κ2) is 11.4. The smallest absolute Gasteiger partial charge is 0.423 e. The van der Waals surface area contributed by atoms with Gasteiger partial charge in [0, 0.05) is 38.4 Å². The van der Waals surface area contributed by atoms with Crippen LogP contribution >= 0.6 is 0 Å². The minimum atomic E-state index is -1.25. The molecule has 1 saturated heterocycles. The highest BCUT2D eigenvalue weighted by atomic mass is 16.6. The SMILES string of the molecule is CCOC(=O)COc1ccc(N2CCN(CCn3ncc4c(NNC(=O)O)nc(N)nc43)CC2)cc1. The van der Waals surface area contributed by atoms with Gasteiger partial charge in [-0.2, -0.15) is 15.1 Å². The highest BCUT2D eigenvalue weighted by Gasteiger charge is 2.19. The van der Waals surface area contributed by atoms with Gasteiger partial charge in [0.25, 0.3) is 0 Å². The maximum absolute atomic E-state index is 11.4. The fourth-order valence-corrected chi connectivity index (χ4v) is 3.91. The van der Waals surface area contributed by atoms with Crippen LogP contribution in [0.4, 0.5) is 22.2 Å². The van der Waals surface area contributed by atoms with Gasteiger partial charge in [0.15, 0.2) is 18.1 Å². The summed E-state index contributed by atoms with van der Waals surface area (Å²) in [4.78, 5) is 35.2. The monoisotopic (exact) mass is 499 g/mol. The molecule has 2 aromatic heterocycles. The number of nitrogens with one attached hydrogen (secondary N) is 2. The molecule has 1 amide bonds. The number of hydrogen-bond acceptors (Lipinski definition) is 11. The van der Waals surface area contributed by atoms with E-state index in [1.165, 1.54) is 0 Å². The highest BCUT2D eigenvalue weighted by Crippen LogP contribution is 2.22. The normalized spacial score (nSPS) is 14.0. The highest BCUT2D eigenvalue weighted by molar-refractivity contribution is 5.88. The first-order valence-electron chi connectivity index (χ1n) is 11.5. The number of carbonyl (C=O) groups excluding carboxylic acids is 1. The van der Waals surface area contributed by atoms with Gasteiger partial charge in [0.05, 0.1) is 24.7 Å². The number of piperazine rings is 1. The average Bonchev–Trinajstić information content (AvgIpc) is 3.28. The van der Waals surface area contributed by atoms with Crippen molar-refractivity contribution in [2.24, 2.45) is 0 Å². The van der Waals surface area contributed by atoms with Crippen LogP contribution in [-0.4, -0.2) is 87.8 Å². The molecule has 1 aromatic carbocycles. The Labute approximate surface area is 206 Å². The third-order valence-corrected chi connectivity index (χ3v) is 5.67. The van der Waals surface area contributed by atoms with Crippen molar-refractivity contribution in [1.29, 1.82) is 0 Å². The lowest BCUT2D eigenvalue weighted by Gasteiger charge is -2.36. The fourth-order valence-electron chi connectivity index (χ4n) is 3.91. The fraction of sp³-hybridized carbons (Fsp3) is 0.409. The van der Waals surface area contributed by atoms with Crippen LogP contribution < -0.4 is 26.2 Å². The summed E-state index contributed by atoms with van der Waals surface area (Å²) in [5.41, 5.74) is 12.0. The zero-order valence-electron chi connectivity index (χ0n) is 19.9. The molecule has 0 atom stereocenters. The molecule has 0 bridgehead atoms. The second-order valence-corrected chi connectivity index (χ2v) is 8.01. The van der Waals surface area contributed by atoms with Gasteiger partial charge in [-0.05, 0) is 31.2 Å². The van der Waals surface area contributed by atoms with Crippen LogP contribution in [0.25, 0.3) is 11.0 Å². The van der Waals surface area contributed by atoms with Gasteiger partial charge in [-0.25, -0.2) is 19.7 Å². The van der Waals surface area contributed by atoms with Gasteiger partial charge < -0.3 is 25.2 Å². The van der Waals surface area contributed by atoms with Crippen molar-refractivity contribution in [1.82, 2.24) is 30.1 Å². The topological polar surface area (TPSA) is 173 Å². The first-order valence-corrected chi connectivity index (χ1v) is 11.5. The Morgan fingerprint density at radius 1 is 1.11 bits per heavy atom. The molecule has 0 saturated carbocycles. The predicted molar refractivity (Wildman–Crippen MR) is 132 cm³/mol. The number of hydrazine groups is 1. The van der Waals surface area contributed by atoms with Gasteiger partial charge in [-0.3, -0.25) is 10.3 Å². The van der Waals surface area contributed by atoms with Crippen LogP contribution in [0.3, 0.4) is 0 Å². The van der Waals surface area contributed by atoms with E-state index < -0.39 is 6.09 Å². The molecular formula is C22H29N9O5. The largest absolute Gasteiger partial charge is 0.482 e. The summed E-state index contributed by atoms with van der Waals surface area (Å²) in [6.45, 7) is 6.85. The van der Waals surface area contributed by atoms with Crippen molar-refractivity contribution in [3.63, 3.8) is 0 Å². The van der Waals surface area contributed by atoms with Crippen LogP contribution in [0.15, 0.2) is 30.5 Å². The number of anilines is 3. The molecule has 5 N–H and O–H groups in total. The number of benzene rings is 1. The molecule has 14 heteroatoms. The summed E-state index contributed by atoms with van der Waals surface area (Å²) >= 11 is 0. The number of fused-ring (bicyclic) bond motifs is 1. The van der Waals surface area contributed by atoms with E-state index in [-0.39, 0.29) is 24.3 Å². The van der Waals surface area contributed by atoms with E-state index in [2.05, 4.69) is 35.7 Å². The Balaban J connectivity index is 1.28. The second-order valence-electron chi connectivity index (χ2n) is 8.01. The summed E-state index contributed by atoms with van der Waals surface area (Å²) < 4.78 is 12.1. The average molecular weight is 500 g/mol. The molecule has 192 valence electrons. The molecule has 36 heavy (non-hydrogen) atoms. The lowest BCUT2D eigenvalue weighted by Crippen LogP contribution is -2.47. The summed E-state index contributed by atoms with van der Waals surface area (Å²) in [5, 5.41) is 13.8. The van der Waals surface area contributed by atoms with Crippen molar-refractivity contribution < 1.29 is 24.2 Å². The van der Waals surface area contributed by atoms with Gasteiger partial charge in [0.2, 0.25) is 5.95 Å². The quantitative estimate of drug-likeness (QED) is 0.228. The Morgan fingerprint density at radius 3 is 2.56 bits per heavy atom. The Kier molecular flexibility index (Phi) is 7.85. The van der Waals surface area contributed by atoms with E-state index in [1.54, 1.807) is 17.8 Å². The van der Waals surface area contributed by atoms with Crippen LogP contribution in [-0.2, 0) is 16.1 Å². The number of nitrogen functional groups attached to an aromatic ring is 1. The Morgan fingerprint density at radius 2 is 1.86 bits per heavy atom. The van der Waals surface area contributed by atoms with Crippen molar-refractivity contribution in [3.05, 3.63) is 30.5 Å². The third kappa shape index (κ3) is 6.21. The maximum atomic E-state index is 11.4. The standard InChI is InChI=1S/C22H29N9O5/c1-2-35-18(32)14-36-16-5-3-15(4-6-16)30-10-7-29(8-11-30)9-12-31-20-17(13-24-31)19(25-21(23)26-20)27-28-22(33)34/h3-6,13,28H,2,7-12,14H2,1H3,(H,33,34)(H3,23,25,26,27). The zero-order chi connectivity index (χ0) is 25.5. The molecule has 1 aliphatic rings. The van der Waals surface area contributed by atoms with E-state index in [0.29, 0.717) is 29.9 Å². The molecule has 3 heterocycles. The minimum Gasteiger partial charge on any atom is -0.482 e. The first kappa shape index (κ1) is 24.8.